The summed E-state index contributed by atoms with van der Waals surface area (Å²) >= 11 is 0. The second kappa shape index (κ2) is 6.36. The molecule has 1 atom stereocenters. The minimum atomic E-state index is -0.915. The first kappa shape index (κ1) is 15.5. The Morgan fingerprint density at radius 1 is 1.23 bits per heavy atom. The molecule has 2 aliphatic rings. The van der Waals surface area contributed by atoms with Crippen molar-refractivity contribution in [2.24, 2.45) is 5.41 Å². The number of carbonyl (C=O) groups excluding carboxylic acids is 1. The van der Waals surface area contributed by atoms with E-state index in [4.69, 9.17) is 4.74 Å². The van der Waals surface area contributed by atoms with E-state index < -0.39 is 6.29 Å². The Kier molecular flexibility index (Phi) is 4.47. The number of ether oxygens (including phenoxy) is 1. The first-order valence-electron chi connectivity index (χ1n) is 7.95. The number of aliphatic hydroxyl groups is 1. The van der Waals surface area contributed by atoms with Gasteiger partial charge in [-0.15, -0.1) is 0 Å². The van der Waals surface area contributed by atoms with Crippen LogP contribution in [0.1, 0.15) is 37.5 Å². The van der Waals surface area contributed by atoms with E-state index in [-0.39, 0.29) is 11.3 Å². The third kappa shape index (κ3) is 3.02. The van der Waals surface area contributed by atoms with Crippen LogP contribution < -0.4 is 10.2 Å². The lowest BCUT2D eigenvalue weighted by molar-refractivity contribution is -0.121. The van der Waals surface area contributed by atoms with Crippen LogP contribution in [-0.2, 0) is 9.53 Å². The van der Waals surface area contributed by atoms with Crippen LogP contribution in [0, 0.1) is 5.41 Å². The molecule has 1 spiro atoms. The zero-order chi connectivity index (χ0) is 15.6. The number of carbonyl (C=O) groups is 1. The second-order valence-corrected chi connectivity index (χ2v) is 6.41. The number of benzene rings is 1. The van der Waals surface area contributed by atoms with E-state index in [0.717, 1.165) is 44.6 Å². The van der Waals surface area contributed by atoms with Gasteiger partial charge in [0.1, 0.15) is 0 Å². The second-order valence-electron chi connectivity index (χ2n) is 6.41. The van der Waals surface area contributed by atoms with E-state index in [1.54, 1.807) is 0 Å². The standard InChI is InChI=1S/C17H24N2O3/c1-22-16(21)13-2-4-14(5-3-13)19-12-17(7-6-15(19)20)8-10-18-11-9-17/h2-5,16,18,21H,6-12H2,1H3. The third-order valence-electron chi connectivity index (χ3n) is 5.04. The molecule has 1 amide bonds. The van der Waals surface area contributed by atoms with Crippen molar-refractivity contribution in [3.8, 4) is 0 Å². The van der Waals surface area contributed by atoms with E-state index in [2.05, 4.69) is 5.32 Å². The first-order chi connectivity index (χ1) is 10.6. The van der Waals surface area contributed by atoms with Crippen LogP contribution in [0.3, 0.4) is 0 Å². The number of rotatable bonds is 3. The molecular weight excluding hydrogens is 280 g/mol. The molecule has 2 N–H and O–H groups in total. The average Bonchev–Trinajstić information content (AvgIpc) is 2.58. The molecule has 0 saturated carbocycles. The topological polar surface area (TPSA) is 61.8 Å². The van der Waals surface area contributed by atoms with E-state index >= 15 is 0 Å². The van der Waals surface area contributed by atoms with Gasteiger partial charge >= 0.3 is 0 Å². The van der Waals surface area contributed by atoms with Crippen LogP contribution in [0.5, 0.6) is 0 Å². The lowest BCUT2D eigenvalue weighted by Crippen LogP contribution is -2.50. The lowest BCUT2D eigenvalue weighted by atomic mass is 9.72. The fourth-order valence-corrected chi connectivity index (χ4v) is 3.57. The number of nitrogens with zero attached hydrogens (tertiary/aromatic N) is 1. The smallest absolute Gasteiger partial charge is 0.227 e. The van der Waals surface area contributed by atoms with Crippen LogP contribution in [0.25, 0.3) is 0 Å². The van der Waals surface area contributed by atoms with Gasteiger partial charge in [0.25, 0.3) is 0 Å². The summed E-state index contributed by atoms with van der Waals surface area (Å²) in [6.07, 6.45) is 2.99. The fourth-order valence-electron chi connectivity index (χ4n) is 3.57. The highest BCUT2D eigenvalue weighted by Crippen LogP contribution is 2.40. The van der Waals surface area contributed by atoms with Gasteiger partial charge in [0.15, 0.2) is 6.29 Å². The summed E-state index contributed by atoms with van der Waals surface area (Å²) in [6, 6.07) is 7.44. The number of methoxy groups -OCH3 is 1. The SMILES string of the molecule is COC(O)c1ccc(N2CC3(CCNCC3)CCC2=O)cc1. The van der Waals surface area contributed by atoms with Crippen LogP contribution in [0.15, 0.2) is 24.3 Å². The van der Waals surface area contributed by atoms with Gasteiger partial charge in [-0.25, -0.2) is 0 Å². The summed E-state index contributed by atoms with van der Waals surface area (Å²) in [7, 11) is 1.47. The molecule has 5 heteroatoms. The normalized spacial score (nSPS) is 22.8. The maximum absolute atomic E-state index is 12.3. The number of hydrogen-bond donors (Lipinski definition) is 2. The van der Waals surface area contributed by atoms with E-state index in [0.29, 0.717) is 12.0 Å². The summed E-state index contributed by atoms with van der Waals surface area (Å²) in [6.45, 7) is 2.89. The molecule has 1 aromatic rings. The highest BCUT2D eigenvalue weighted by atomic mass is 16.6. The Morgan fingerprint density at radius 3 is 2.55 bits per heavy atom. The molecule has 1 unspecified atom stereocenters. The minimum absolute atomic E-state index is 0.198. The summed E-state index contributed by atoms with van der Waals surface area (Å²) in [5, 5.41) is 13.1. The molecule has 22 heavy (non-hydrogen) atoms. The molecule has 2 aliphatic heterocycles. The van der Waals surface area contributed by atoms with Crippen molar-refractivity contribution in [2.75, 3.05) is 31.6 Å². The number of anilines is 1. The number of amides is 1. The molecule has 120 valence electrons. The summed E-state index contributed by atoms with van der Waals surface area (Å²) in [4.78, 5) is 14.2. The van der Waals surface area contributed by atoms with Crippen LogP contribution in [0.4, 0.5) is 5.69 Å². The maximum Gasteiger partial charge on any atom is 0.227 e. The Morgan fingerprint density at radius 2 is 1.91 bits per heavy atom. The summed E-state index contributed by atoms with van der Waals surface area (Å²) in [5.41, 5.74) is 1.88. The van der Waals surface area contributed by atoms with Crippen molar-refractivity contribution in [3.05, 3.63) is 29.8 Å². The van der Waals surface area contributed by atoms with Crippen molar-refractivity contribution in [2.45, 2.75) is 32.0 Å². The average molecular weight is 304 g/mol. The van der Waals surface area contributed by atoms with Crippen molar-refractivity contribution in [1.82, 2.24) is 5.32 Å². The molecule has 2 saturated heterocycles. The van der Waals surface area contributed by atoms with Crippen molar-refractivity contribution in [3.63, 3.8) is 0 Å². The van der Waals surface area contributed by atoms with Gasteiger partial charge in [-0.3, -0.25) is 4.79 Å². The largest absolute Gasteiger partial charge is 0.364 e. The van der Waals surface area contributed by atoms with Crippen molar-refractivity contribution in [1.29, 1.82) is 0 Å². The molecule has 3 rings (SSSR count). The van der Waals surface area contributed by atoms with Crippen LogP contribution in [0.2, 0.25) is 0 Å². The quantitative estimate of drug-likeness (QED) is 0.836. The zero-order valence-corrected chi connectivity index (χ0v) is 13.0. The van der Waals surface area contributed by atoms with Gasteiger partial charge in [0, 0.05) is 31.3 Å². The highest BCUT2D eigenvalue weighted by molar-refractivity contribution is 5.94. The number of hydrogen-bond acceptors (Lipinski definition) is 4. The predicted octanol–water partition coefficient (Wildman–Crippen LogP) is 1.82. The van der Waals surface area contributed by atoms with Gasteiger partial charge in [0.2, 0.25) is 5.91 Å². The Labute approximate surface area is 131 Å². The van der Waals surface area contributed by atoms with Crippen LogP contribution in [-0.4, -0.2) is 37.8 Å². The number of aliphatic hydroxyl groups excluding tert-OH is 1. The van der Waals surface area contributed by atoms with Crippen molar-refractivity contribution >= 4 is 11.6 Å². The zero-order valence-electron chi connectivity index (χ0n) is 13.0. The number of nitrogens with one attached hydrogen (secondary N) is 1. The molecule has 2 heterocycles. The molecule has 1 aromatic carbocycles. The van der Waals surface area contributed by atoms with Gasteiger partial charge in [-0.1, -0.05) is 12.1 Å². The molecule has 0 bridgehead atoms. The third-order valence-corrected chi connectivity index (χ3v) is 5.04. The molecule has 0 radical (unpaired) electrons. The molecule has 0 aromatic heterocycles. The Balaban J connectivity index is 1.78. The lowest BCUT2D eigenvalue weighted by Gasteiger charge is -2.45. The molecular formula is C17H24N2O3. The van der Waals surface area contributed by atoms with E-state index in [1.807, 2.05) is 29.2 Å². The fraction of sp³-hybridized carbons (Fsp3) is 0.588. The predicted molar refractivity (Wildman–Crippen MR) is 84.5 cm³/mol. The maximum atomic E-state index is 12.3. The van der Waals surface area contributed by atoms with E-state index in [9.17, 15) is 9.90 Å². The number of piperidine rings is 2. The van der Waals surface area contributed by atoms with Gasteiger partial charge in [0.05, 0.1) is 0 Å². The molecule has 5 nitrogen and oxygen atoms in total. The van der Waals surface area contributed by atoms with Gasteiger partial charge in [-0.05, 0) is 49.9 Å². The minimum Gasteiger partial charge on any atom is -0.364 e. The van der Waals surface area contributed by atoms with Gasteiger partial charge in [-0.2, -0.15) is 0 Å². The van der Waals surface area contributed by atoms with E-state index in [1.165, 1.54) is 7.11 Å². The Bertz CT molecular complexity index is 523. The summed E-state index contributed by atoms with van der Waals surface area (Å²) in [5.74, 6) is 0.198. The van der Waals surface area contributed by atoms with Crippen molar-refractivity contribution < 1.29 is 14.6 Å². The molecule has 2 fully saturated rings. The monoisotopic (exact) mass is 304 g/mol. The highest BCUT2D eigenvalue weighted by Gasteiger charge is 2.39. The van der Waals surface area contributed by atoms with Gasteiger partial charge < -0.3 is 20.1 Å². The Hall–Kier alpha value is -1.43. The van der Waals surface area contributed by atoms with Crippen LogP contribution >= 0.6 is 0 Å². The first-order valence-corrected chi connectivity index (χ1v) is 7.95. The molecule has 0 aliphatic carbocycles. The summed E-state index contributed by atoms with van der Waals surface area (Å²) < 4.78 is 4.90.